The number of rotatable bonds is 4. The summed E-state index contributed by atoms with van der Waals surface area (Å²) in [5, 5.41) is 3.84. The minimum absolute atomic E-state index is 0.306. The summed E-state index contributed by atoms with van der Waals surface area (Å²) >= 11 is 12.8. The van der Waals surface area contributed by atoms with E-state index >= 15 is 0 Å². The maximum Gasteiger partial charge on any atom is 0.105 e. The van der Waals surface area contributed by atoms with Crippen LogP contribution in [0.25, 0.3) is 0 Å². The van der Waals surface area contributed by atoms with E-state index in [0.717, 1.165) is 11.4 Å². The molecule has 3 N–H and O–H groups in total. The van der Waals surface area contributed by atoms with E-state index in [0.29, 0.717) is 15.6 Å². The van der Waals surface area contributed by atoms with Gasteiger partial charge in [-0.05, 0) is 48.7 Å². The van der Waals surface area contributed by atoms with Crippen LogP contribution < -0.4 is 11.1 Å². The Bertz CT molecular complexity index is 597. The van der Waals surface area contributed by atoms with E-state index in [2.05, 4.69) is 23.7 Å². The van der Waals surface area contributed by atoms with Crippen molar-refractivity contribution < 1.29 is 0 Å². The Labute approximate surface area is 127 Å². The number of anilines is 2. The van der Waals surface area contributed by atoms with E-state index in [1.54, 1.807) is 11.8 Å². The molecular formula is C14H13ClN2S2. The highest BCUT2D eigenvalue weighted by Crippen LogP contribution is 2.25. The predicted octanol–water partition coefficient (Wildman–Crippen LogP) is 4.44. The third-order valence-electron chi connectivity index (χ3n) is 2.61. The first kappa shape index (κ1) is 14.2. The minimum atomic E-state index is 0.306. The fourth-order valence-corrected chi connectivity index (χ4v) is 2.56. The SMILES string of the molecule is CSc1ccc(Nc2ccc(C(N)=S)c(Cl)c2)cc1. The molecule has 0 unspecified atom stereocenters. The topological polar surface area (TPSA) is 38.0 Å². The van der Waals surface area contributed by atoms with Gasteiger partial charge in [0.2, 0.25) is 0 Å². The van der Waals surface area contributed by atoms with E-state index in [-0.39, 0.29) is 0 Å². The van der Waals surface area contributed by atoms with E-state index in [1.807, 2.05) is 30.3 Å². The number of halogens is 1. The average molecular weight is 309 g/mol. The molecule has 0 fully saturated rings. The second-order valence-corrected chi connectivity index (χ2v) is 5.64. The maximum absolute atomic E-state index is 6.13. The first-order valence-electron chi connectivity index (χ1n) is 5.60. The molecule has 2 aromatic carbocycles. The van der Waals surface area contributed by atoms with Crippen LogP contribution in [0, 0.1) is 0 Å². The maximum atomic E-state index is 6.13. The first-order chi connectivity index (χ1) is 9.10. The van der Waals surface area contributed by atoms with Gasteiger partial charge in [-0.2, -0.15) is 0 Å². The van der Waals surface area contributed by atoms with E-state index < -0.39 is 0 Å². The molecule has 2 rings (SSSR count). The van der Waals surface area contributed by atoms with Crippen LogP contribution in [0.3, 0.4) is 0 Å². The number of nitrogens with one attached hydrogen (secondary N) is 1. The van der Waals surface area contributed by atoms with Gasteiger partial charge in [-0.3, -0.25) is 0 Å². The quantitative estimate of drug-likeness (QED) is 0.647. The Morgan fingerprint density at radius 2 is 1.79 bits per heavy atom. The number of nitrogens with two attached hydrogens (primary N) is 1. The molecule has 0 heterocycles. The molecule has 5 heteroatoms. The van der Waals surface area contributed by atoms with Crippen LogP contribution in [0.15, 0.2) is 47.4 Å². The highest BCUT2D eigenvalue weighted by Gasteiger charge is 2.04. The molecule has 0 aliphatic rings. The van der Waals surface area contributed by atoms with Gasteiger partial charge in [-0.25, -0.2) is 0 Å². The molecule has 0 saturated carbocycles. The third kappa shape index (κ3) is 3.62. The zero-order chi connectivity index (χ0) is 13.8. The van der Waals surface area contributed by atoms with Crippen LogP contribution in [0.4, 0.5) is 11.4 Å². The van der Waals surface area contributed by atoms with Crippen molar-refractivity contribution in [3.8, 4) is 0 Å². The van der Waals surface area contributed by atoms with Gasteiger partial charge in [0.15, 0.2) is 0 Å². The van der Waals surface area contributed by atoms with Crippen molar-refractivity contribution in [3.05, 3.63) is 53.1 Å². The fourth-order valence-electron chi connectivity index (χ4n) is 1.63. The second-order valence-electron chi connectivity index (χ2n) is 3.91. The highest BCUT2D eigenvalue weighted by molar-refractivity contribution is 7.98. The fraction of sp³-hybridized carbons (Fsp3) is 0.0714. The molecule has 0 atom stereocenters. The summed E-state index contributed by atoms with van der Waals surface area (Å²) < 4.78 is 0. The molecule has 2 aromatic rings. The molecule has 98 valence electrons. The van der Waals surface area contributed by atoms with Gasteiger partial charge in [-0.15, -0.1) is 11.8 Å². The zero-order valence-electron chi connectivity index (χ0n) is 10.3. The van der Waals surface area contributed by atoms with Gasteiger partial charge in [0.25, 0.3) is 0 Å². The van der Waals surface area contributed by atoms with Crippen molar-refractivity contribution in [1.82, 2.24) is 0 Å². The number of benzene rings is 2. The molecular weight excluding hydrogens is 296 g/mol. The van der Waals surface area contributed by atoms with E-state index in [1.165, 1.54) is 4.90 Å². The monoisotopic (exact) mass is 308 g/mol. The van der Waals surface area contributed by atoms with Crippen molar-refractivity contribution in [1.29, 1.82) is 0 Å². The predicted molar refractivity (Wildman–Crippen MR) is 88.8 cm³/mol. The molecule has 0 radical (unpaired) electrons. The van der Waals surface area contributed by atoms with Crippen LogP contribution in [0.2, 0.25) is 5.02 Å². The molecule has 0 aliphatic carbocycles. The van der Waals surface area contributed by atoms with Crippen molar-refractivity contribution in [3.63, 3.8) is 0 Å². The standard InChI is InChI=1S/C14H13ClN2S2/c1-19-11-5-2-9(3-6-11)17-10-4-7-12(14(16)18)13(15)8-10/h2-8,17H,1H3,(H2,16,18). The summed E-state index contributed by atoms with van der Waals surface area (Å²) in [6.07, 6.45) is 2.05. The third-order valence-corrected chi connectivity index (χ3v) is 3.89. The van der Waals surface area contributed by atoms with Gasteiger partial charge in [0.05, 0.1) is 5.02 Å². The minimum Gasteiger partial charge on any atom is -0.389 e. The van der Waals surface area contributed by atoms with Crippen molar-refractivity contribution in [2.45, 2.75) is 4.90 Å². The molecule has 2 nitrogen and oxygen atoms in total. The normalized spacial score (nSPS) is 10.2. The van der Waals surface area contributed by atoms with Crippen LogP contribution in [0.1, 0.15) is 5.56 Å². The van der Waals surface area contributed by atoms with Gasteiger partial charge in [0, 0.05) is 21.8 Å². The number of hydrogen-bond acceptors (Lipinski definition) is 3. The lowest BCUT2D eigenvalue weighted by atomic mass is 10.2. The van der Waals surface area contributed by atoms with E-state index in [9.17, 15) is 0 Å². The van der Waals surface area contributed by atoms with Crippen molar-refractivity contribution >= 4 is 51.9 Å². The lowest BCUT2D eigenvalue weighted by Gasteiger charge is -2.09. The Morgan fingerprint density at radius 1 is 1.16 bits per heavy atom. The summed E-state index contributed by atoms with van der Waals surface area (Å²) in [7, 11) is 0. The first-order valence-corrected chi connectivity index (χ1v) is 7.61. The van der Waals surface area contributed by atoms with Crippen LogP contribution in [-0.4, -0.2) is 11.2 Å². The van der Waals surface area contributed by atoms with Gasteiger partial charge < -0.3 is 11.1 Å². The van der Waals surface area contributed by atoms with Crippen molar-refractivity contribution in [2.24, 2.45) is 5.73 Å². The molecule has 0 spiro atoms. The molecule has 0 aliphatic heterocycles. The van der Waals surface area contributed by atoms with Crippen LogP contribution in [0.5, 0.6) is 0 Å². The Kier molecular flexibility index (Phi) is 4.69. The van der Waals surface area contributed by atoms with E-state index in [4.69, 9.17) is 29.6 Å². The zero-order valence-corrected chi connectivity index (χ0v) is 12.7. The van der Waals surface area contributed by atoms with Crippen LogP contribution in [-0.2, 0) is 0 Å². The molecule has 0 amide bonds. The largest absolute Gasteiger partial charge is 0.389 e. The molecule has 0 saturated heterocycles. The number of thiocarbonyl (C=S) groups is 1. The Morgan fingerprint density at radius 3 is 2.32 bits per heavy atom. The Balaban J connectivity index is 2.18. The summed E-state index contributed by atoms with van der Waals surface area (Å²) in [5.74, 6) is 0. The summed E-state index contributed by atoms with van der Waals surface area (Å²) in [6, 6.07) is 13.7. The van der Waals surface area contributed by atoms with Crippen LogP contribution >= 0.6 is 35.6 Å². The Hall–Kier alpha value is -1.23. The number of hydrogen-bond donors (Lipinski definition) is 2. The smallest absolute Gasteiger partial charge is 0.105 e. The lowest BCUT2D eigenvalue weighted by molar-refractivity contribution is 1.44. The second kappa shape index (κ2) is 6.28. The number of thioether (sulfide) groups is 1. The summed E-state index contributed by atoms with van der Waals surface area (Å²) in [6.45, 7) is 0. The van der Waals surface area contributed by atoms with Gasteiger partial charge in [-0.1, -0.05) is 23.8 Å². The summed E-state index contributed by atoms with van der Waals surface area (Å²) in [5.41, 5.74) is 8.18. The summed E-state index contributed by atoms with van der Waals surface area (Å²) in [4.78, 5) is 1.54. The highest BCUT2D eigenvalue weighted by atomic mass is 35.5. The molecule has 19 heavy (non-hydrogen) atoms. The average Bonchev–Trinajstić information content (AvgIpc) is 2.39. The van der Waals surface area contributed by atoms with Gasteiger partial charge in [0.1, 0.15) is 4.99 Å². The van der Waals surface area contributed by atoms with Crippen molar-refractivity contribution in [2.75, 3.05) is 11.6 Å². The molecule has 0 aromatic heterocycles. The molecule has 0 bridgehead atoms. The van der Waals surface area contributed by atoms with Gasteiger partial charge >= 0.3 is 0 Å². The lowest BCUT2D eigenvalue weighted by Crippen LogP contribution is -2.09.